The number of carboxylic acid groups (broad SMARTS) is 1. The van der Waals surface area contributed by atoms with Crippen LogP contribution in [0.2, 0.25) is 0 Å². The summed E-state index contributed by atoms with van der Waals surface area (Å²) in [5, 5.41) is 8.90. The molecule has 0 bridgehead atoms. The topological polar surface area (TPSA) is 66.8 Å². The van der Waals surface area contributed by atoms with Crippen molar-refractivity contribution in [2.45, 2.75) is 18.9 Å². The number of carbonyl (C=O) groups excluding carboxylic acids is 1. The Morgan fingerprint density at radius 3 is 2.52 bits per heavy atom. The van der Waals surface area contributed by atoms with Crippen LogP contribution in [0.5, 0.6) is 0 Å². The fourth-order valence-corrected chi connectivity index (χ4v) is 3.01. The normalized spacial score (nSPS) is 17.0. The molecule has 27 heavy (non-hydrogen) atoms. The number of hydrogen-bond donors (Lipinski definition) is 1. The van der Waals surface area contributed by atoms with Gasteiger partial charge in [0, 0.05) is 13.0 Å². The first kappa shape index (κ1) is 19.0. The van der Waals surface area contributed by atoms with E-state index in [0.29, 0.717) is 25.1 Å². The van der Waals surface area contributed by atoms with E-state index in [-0.39, 0.29) is 24.4 Å². The van der Waals surface area contributed by atoms with Crippen molar-refractivity contribution in [2.75, 3.05) is 19.7 Å². The molecule has 1 aliphatic heterocycles. The molecule has 2 aromatic rings. The molecule has 0 saturated carbocycles. The van der Waals surface area contributed by atoms with Crippen LogP contribution in [0.3, 0.4) is 0 Å². The molecular weight excluding hydrogens is 356 g/mol. The summed E-state index contributed by atoms with van der Waals surface area (Å²) >= 11 is 0. The number of halogens is 2. The molecule has 3 rings (SSSR count). The van der Waals surface area contributed by atoms with E-state index in [1.807, 2.05) is 0 Å². The number of aromatic carboxylic acids is 1. The summed E-state index contributed by atoms with van der Waals surface area (Å²) in [7, 11) is 0. The molecule has 2 aromatic carbocycles. The number of nitrogens with zero attached hydrogens (tertiary/aromatic N) is 1. The lowest BCUT2D eigenvalue weighted by molar-refractivity contribution is -0.139. The fourth-order valence-electron chi connectivity index (χ4n) is 3.01. The summed E-state index contributed by atoms with van der Waals surface area (Å²) in [5.41, 5.74) is 1.57. The Labute approximate surface area is 155 Å². The lowest BCUT2D eigenvalue weighted by Crippen LogP contribution is -2.42. The zero-order chi connectivity index (χ0) is 19.4. The standard InChI is InChI=1S/C20H19F2NO4/c21-16-7-6-15(11-17(16)22)18-12-23(9-10-27-18)19(24)8-3-13-1-4-14(5-2-13)20(25)26/h1-2,4-7,11,18H,3,8-10,12H2,(H,25,26)/t18-/m1/s1. The minimum atomic E-state index is -0.991. The van der Waals surface area contributed by atoms with E-state index in [1.165, 1.54) is 18.2 Å². The molecule has 5 nitrogen and oxygen atoms in total. The van der Waals surface area contributed by atoms with Crippen molar-refractivity contribution < 1.29 is 28.2 Å². The van der Waals surface area contributed by atoms with Gasteiger partial charge in [0.1, 0.15) is 6.10 Å². The summed E-state index contributed by atoms with van der Waals surface area (Å²) in [6.07, 6.45) is 0.274. The molecule has 0 aliphatic carbocycles. The molecule has 1 atom stereocenters. The highest BCUT2D eigenvalue weighted by atomic mass is 19.2. The molecule has 142 valence electrons. The lowest BCUT2D eigenvalue weighted by Gasteiger charge is -2.33. The average Bonchev–Trinajstić information content (AvgIpc) is 2.68. The lowest BCUT2D eigenvalue weighted by atomic mass is 10.1. The Bertz CT molecular complexity index is 838. The van der Waals surface area contributed by atoms with E-state index < -0.39 is 23.7 Å². The van der Waals surface area contributed by atoms with Gasteiger partial charge in [-0.2, -0.15) is 0 Å². The van der Waals surface area contributed by atoms with Crippen molar-refractivity contribution in [3.05, 3.63) is 70.8 Å². The molecule has 1 N–H and O–H groups in total. The Morgan fingerprint density at radius 2 is 1.85 bits per heavy atom. The summed E-state index contributed by atoms with van der Waals surface area (Å²) in [5.74, 6) is -2.91. The van der Waals surface area contributed by atoms with E-state index in [9.17, 15) is 18.4 Å². The highest BCUT2D eigenvalue weighted by Gasteiger charge is 2.25. The maximum atomic E-state index is 13.4. The van der Waals surface area contributed by atoms with Crippen molar-refractivity contribution in [3.8, 4) is 0 Å². The number of amides is 1. The van der Waals surface area contributed by atoms with Crippen molar-refractivity contribution >= 4 is 11.9 Å². The highest BCUT2D eigenvalue weighted by Crippen LogP contribution is 2.24. The van der Waals surface area contributed by atoms with Crippen molar-refractivity contribution in [3.63, 3.8) is 0 Å². The first-order valence-electron chi connectivity index (χ1n) is 8.60. The summed E-state index contributed by atoms with van der Waals surface area (Å²) in [6, 6.07) is 10.0. The van der Waals surface area contributed by atoms with Gasteiger partial charge in [0.2, 0.25) is 5.91 Å². The fraction of sp³-hybridized carbons (Fsp3) is 0.300. The molecule has 1 aliphatic rings. The Balaban J connectivity index is 1.57. The predicted molar refractivity (Wildman–Crippen MR) is 93.4 cm³/mol. The summed E-state index contributed by atoms with van der Waals surface area (Å²) in [6.45, 7) is 1.04. The number of morpholine rings is 1. The van der Waals surface area contributed by atoms with Gasteiger partial charge in [-0.05, 0) is 41.8 Å². The zero-order valence-electron chi connectivity index (χ0n) is 14.5. The summed E-state index contributed by atoms with van der Waals surface area (Å²) in [4.78, 5) is 25.0. The maximum absolute atomic E-state index is 13.4. The number of benzene rings is 2. The molecule has 1 amide bonds. The van der Waals surface area contributed by atoms with Crippen molar-refractivity contribution in [1.29, 1.82) is 0 Å². The van der Waals surface area contributed by atoms with Gasteiger partial charge in [-0.15, -0.1) is 0 Å². The van der Waals surface area contributed by atoms with E-state index in [4.69, 9.17) is 9.84 Å². The van der Waals surface area contributed by atoms with Crippen molar-refractivity contribution in [2.24, 2.45) is 0 Å². The number of hydrogen-bond acceptors (Lipinski definition) is 3. The molecule has 0 aromatic heterocycles. The SMILES string of the molecule is O=C(O)c1ccc(CCC(=O)N2CCO[C@@H](c3ccc(F)c(F)c3)C2)cc1. The van der Waals surface area contributed by atoms with Crippen LogP contribution in [0.15, 0.2) is 42.5 Å². The second-order valence-corrected chi connectivity index (χ2v) is 6.37. The van der Waals surface area contributed by atoms with Gasteiger partial charge in [-0.1, -0.05) is 18.2 Å². The second kappa shape index (κ2) is 8.26. The molecule has 1 saturated heterocycles. The third kappa shape index (κ3) is 4.68. The van der Waals surface area contributed by atoms with Crippen LogP contribution in [-0.2, 0) is 16.0 Å². The number of carboxylic acids is 1. The number of ether oxygens (including phenoxy) is 1. The molecule has 0 spiro atoms. The third-order valence-electron chi connectivity index (χ3n) is 4.56. The largest absolute Gasteiger partial charge is 0.478 e. The van der Waals surface area contributed by atoms with Gasteiger partial charge in [0.25, 0.3) is 0 Å². The number of rotatable bonds is 5. The second-order valence-electron chi connectivity index (χ2n) is 6.37. The van der Waals surface area contributed by atoms with E-state index in [0.717, 1.165) is 17.7 Å². The van der Waals surface area contributed by atoms with Crippen LogP contribution in [-0.4, -0.2) is 41.6 Å². The molecule has 0 unspecified atom stereocenters. The molecule has 1 fully saturated rings. The van der Waals surface area contributed by atoms with Crippen LogP contribution >= 0.6 is 0 Å². The molecule has 1 heterocycles. The van der Waals surface area contributed by atoms with Crippen LogP contribution in [0, 0.1) is 11.6 Å². The Hall–Kier alpha value is -2.80. The van der Waals surface area contributed by atoms with E-state index in [2.05, 4.69) is 0 Å². The van der Waals surface area contributed by atoms with Crippen LogP contribution in [0.4, 0.5) is 8.78 Å². The third-order valence-corrected chi connectivity index (χ3v) is 4.56. The number of aryl methyl sites for hydroxylation is 1. The van der Waals surface area contributed by atoms with Gasteiger partial charge in [-0.25, -0.2) is 13.6 Å². The van der Waals surface area contributed by atoms with Gasteiger partial charge >= 0.3 is 5.97 Å². The average molecular weight is 375 g/mol. The van der Waals surface area contributed by atoms with E-state index in [1.54, 1.807) is 17.0 Å². The Kier molecular flexibility index (Phi) is 5.81. The highest BCUT2D eigenvalue weighted by molar-refractivity contribution is 5.87. The van der Waals surface area contributed by atoms with Gasteiger partial charge in [0.05, 0.1) is 18.7 Å². The quantitative estimate of drug-likeness (QED) is 0.872. The van der Waals surface area contributed by atoms with Crippen LogP contribution < -0.4 is 0 Å². The van der Waals surface area contributed by atoms with Gasteiger partial charge in [-0.3, -0.25) is 4.79 Å². The van der Waals surface area contributed by atoms with Gasteiger partial charge < -0.3 is 14.7 Å². The van der Waals surface area contributed by atoms with Crippen molar-refractivity contribution in [1.82, 2.24) is 4.90 Å². The van der Waals surface area contributed by atoms with E-state index >= 15 is 0 Å². The van der Waals surface area contributed by atoms with Gasteiger partial charge in [0.15, 0.2) is 11.6 Å². The van der Waals surface area contributed by atoms with Crippen LogP contribution in [0.1, 0.15) is 34.0 Å². The maximum Gasteiger partial charge on any atom is 0.335 e. The first-order chi connectivity index (χ1) is 12.9. The first-order valence-corrected chi connectivity index (χ1v) is 8.60. The number of carbonyl (C=O) groups is 2. The predicted octanol–water partition coefficient (Wildman–Crippen LogP) is 3.20. The minimum absolute atomic E-state index is 0.0619. The minimum Gasteiger partial charge on any atom is -0.478 e. The monoisotopic (exact) mass is 375 g/mol. The smallest absolute Gasteiger partial charge is 0.335 e. The summed E-state index contributed by atoms with van der Waals surface area (Å²) < 4.78 is 32.1. The molecular formula is C20H19F2NO4. The van der Waals surface area contributed by atoms with Crippen LogP contribution in [0.25, 0.3) is 0 Å². The molecule has 0 radical (unpaired) electrons. The Morgan fingerprint density at radius 1 is 1.11 bits per heavy atom. The zero-order valence-corrected chi connectivity index (χ0v) is 14.5. The molecule has 7 heteroatoms.